The summed E-state index contributed by atoms with van der Waals surface area (Å²) in [4.78, 5) is 0. The molecule has 0 N–H and O–H groups in total. The van der Waals surface area contributed by atoms with Crippen molar-refractivity contribution < 1.29 is 9.47 Å². The summed E-state index contributed by atoms with van der Waals surface area (Å²) < 4.78 is 11.3. The molecule has 2 nitrogen and oxygen atoms in total. The normalized spacial score (nSPS) is 25.1. The van der Waals surface area contributed by atoms with Crippen LogP contribution in [0.5, 0.6) is 0 Å². The van der Waals surface area contributed by atoms with Crippen LogP contribution in [0.4, 0.5) is 0 Å². The lowest BCUT2D eigenvalue weighted by atomic mass is 10.1. The van der Waals surface area contributed by atoms with Crippen LogP contribution < -0.4 is 0 Å². The van der Waals surface area contributed by atoms with Crippen LogP contribution in [-0.4, -0.2) is 12.7 Å². The lowest BCUT2D eigenvalue weighted by Gasteiger charge is -2.10. The topological polar surface area (TPSA) is 18.5 Å². The Morgan fingerprint density at radius 3 is 2.62 bits per heavy atom. The Hall–Kier alpha value is -1.38. The van der Waals surface area contributed by atoms with Gasteiger partial charge < -0.3 is 9.47 Å². The highest BCUT2D eigenvalue weighted by Crippen LogP contribution is 2.28. The summed E-state index contributed by atoms with van der Waals surface area (Å²) in [6.45, 7) is 2.71. The third-order valence-electron chi connectivity index (χ3n) is 2.88. The van der Waals surface area contributed by atoms with Crippen molar-refractivity contribution in [3.05, 3.63) is 48.0 Å². The minimum absolute atomic E-state index is 0.191. The van der Waals surface area contributed by atoms with Crippen molar-refractivity contribution in [1.29, 1.82) is 0 Å². The van der Waals surface area contributed by atoms with E-state index in [1.165, 1.54) is 10.8 Å². The first-order valence-corrected chi connectivity index (χ1v) is 5.59. The molecule has 16 heavy (non-hydrogen) atoms. The molecule has 2 heteroatoms. The maximum Gasteiger partial charge on any atom is 0.184 e. The standard InChI is InChI=1S/C14H14O2/c1-10-9-15-14(16-10)13-7-6-11-4-2-3-5-12(11)8-13/h2-8,10,14H,9H2,1H3. The zero-order valence-corrected chi connectivity index (χ0v) is 9.22. The molecule has 2 aromatic carbocycles. The zero-order chi connectivity index (χ0) is 11.0. The van der Waals surface area contributed by atoms with E-state index in [1.54, 1.807) is 0 Å². The van der Waals surface area contributed by atoms with Crippen molar-refractivity contribution >= 4 is 10.8 Å². The minimum Gasteiger partial charge on any atom is -0.346 e. The van der Waals surface area contributed by atoms with Gasteiger partial charge in [-0.3, -0.25) is 0 Å². The highest BCUT2D eigenvalue weighted by Gasteiger charge is 2.23. The Kier molecular flexibility index (Phi) is 2.39. The molecular weight excluding hydrogens is 200 g/mol. The van der Waals surface area contributed by atoms with Crippen LogP contribution in [0.25, 0.3) is 10.8 Å². The predicted octanol–water partition coefficient (Wildman–Crippen LogP) is 3.27. The number of ether oxygens (including phenoxy) is 2. The average molecular weight is 214 g/mol. The second-order valence-electron chi connectivity index (χ2n) is 4.22. The molecule has 0 aromatic heterocycles. The maximum absolute atomic E-state index is 5.67. The Bertz CT molecular complexity index is 507. The van der Waals surface area contributed by atoms with E-state index in [-0.39, 0.29) is 12.4 Å². The van der Waals surface area contributed by atoms with E-state index < -0.39 is 0 Å². The van der Waals surface area contributed by atoms with Crippen LogP contribution in [0.3, 0.4) is 0 Å². The second-order valence-corrected chi connectivity index (χ2v) is 4.22. The lowest BCUT2D eigenvalue weighted by molar-refractivity contribution is -0.0571. The Morgan fingerprint density at radius 2 is 1.88 bits per heavy atom. The highest BCUT2D eigenvalue weighted by atomic mass is 16.7. The molecule has 1 aliphatic heterocycles. The van der Waals surface area contributed by atoms with Gasteiger partial charge in [-0.2, -0.15) is 0 Å². The number of rotatable bonds is 1. The average Bonchev–Trinajstić information content (AvgIpc) is 2.75. The third kappa shape index (κ3) is 1.70. The molecule has 2 aromatic rings. The van der Waals surface area contributed by atoms with E-state index in [0.717, 1.165) is 5.56 Å². The van der Waals surface area contributed by atoms with E-state index in [2.05, 4.69) is 30.3 Å². The highest BCUT2D eigenvalue weighted by molar-refractivity contribution is 5.83. The quantitative estimate of drug-likeness (QED) is 0.725. The number of hydrogen-bond acceptors (Lipinski definition) is 2. The van der Waals surface area contributed by atoms with E-state index in [0.29, 0.717) is 6.61 Å². The van der Waals surface area contributed by atoms with Crippen LogP contribution in [-0.2, 0) is 9.47 Å². The lowest BCUT2D eigenvalue weighted by Crippen LogP contribution is -2.02. The third-order valence-corrected chi connectivity index (χ3v) is 2.88. The van der Waals surface area contributed by atoms with Gasteiger partial charge in [-0.05, 0) is 23.8 Å². The van der Waals surface area contributed by atoms with Crippen molar-refractivity contribution in [2.75, 3.05) is 6.61 Å². The fourth-order valence-corrected chi connectivity index (χ4v) is 2.04. The monoisotopic (exact) mass is 214 g/mol. The summed E-state index contributed by atoms with van der Waals surface area (Å²) in [5.41, 5.74) is 1.10. The molecule has 0 radical (unpaired) electrons. The fraction of sp³-hybridized carbons (Fsp3) is 0.286. The fourth-order valence-electron chi connectivity index (χ4n) is 2.04. The van der Waals surface area contributed by atoms with Crippen LogP contribution in [0.15, 0.2) is 42.5 Å². The van der Waals surface area contributed by atoms with Crippen LogP contribution in [0.2, 0.25) is 0 Å². The van der Waals surface area contributed by atoms with E-state index >= 15 is 0 Å². The maximum atomic E-state index is 5.67. The van der Waals surface area contributed by atoms with E-state index in [9.17, 15) is 0 Å². The summed E-state index contributed by atoms with van der Waals surface area (Å²) in [6, 6.07) is 14.6. The van der Waals surface area contributed by atoms with Gasteiger partial charge in [0.15, 0.2) is 6.29 Å². The molecule has 0 aliphatic carbocycles. The van der Waals surface area contributed by atoms with Crippen LogP contribution in [0.1, 0.15) is 18.8 Å². The molecule has 1 aliphatic rings. The molecular formula is C14H14O2. The Labute approximate surface area is 94.8 Å². The second kappa shape index (κ2) is 3.89. The largest absolute Gasteiger partial charge is 0.346 e. The van der Waals surface area contributed by atoms with Gasteiger partial charge in [0.05, 0.1) is 12.7 Å². The predicted molar refractivity (Wildman–Crippen MR) is 63.2 cm³/mol. The molecule has 0 spiro atoms. The molecule has 3 rings (SSSR count). The SMILES string of the molecule is CC1COC(c2ccc3ccccc3c2)O1. The smallest absolute Gasteiger partial charge is 0.184 e. The van der Waals surface area contributed by atoms with Gasteiger partial charge in [0.1, 0.15) is 0 Å². The van der Waals surface area contributed by atoms with Crippen molar-refractivity contribution in [3.8, 4) is 0 Å². The minimum atomic E-state index is -0.195. The van der Waals surface area contributed by atoms with Crippen molar-refractivity contribution in [3.63, 3.8) is 0 Å². The molecule has 82 valence electrons. The van der Waals surface area contributed by atoms with Crippen LogP contribution in [0, 0.1) is 0 Å². The van der Waals surface area contributed by atoms with Crippen LogP contribution >= 0.6 is 0 Å². The first-order valence-electron chi connectivity index (χ1n) is 5.59. The van der Waals surface area contributed by atoms with Gasteiger partial charge in [-0.25, -0.2) is 0 Å². The first kappa shape index (κ1) is 9.82. The molecule has 2 unspecified atom stereocenters. The van der Waals surface area contributed by atoms with Gasteiger partial charge >= 0.3 is 0 Å². The van der Waals surface area contributed by atoms with Gasteiger partial charge in [-0.1, -0.05) is 36.4 Å². The van der Waals surface area contributed by atoms with Gasteiger partial charge in [0.25, 0.3) is 0 Å². The molecule has 0 saturated carbocycles. The first-order chi connectivity index (χ1) is 7.83. The summed E-state index contributed by atoms with van der Waals surface area (Å²) in [7, 11) is 0. The number of hydrogen-bond donors (Lipinski definition) is 0. The summed E-state index contributed by atoms with van der Waals surface area (Å²) >= 11 is 0. The number of fused-ring (bicyclic) bond motifs is 1. The summed E-state index contributed by atoms with van der Waals surface area (Å²) in [5, 5.41) is 2.48. The molecule has 0 bridgehead atoms. The molecule has 1 saturated heterocycles. The van der Waals surface area contributed by atoms with E-state index in [1.807, 2.05) is 19.1 Å². The molecule has 1 fully saturated rings. The Balaban J connectivity index is 1.99. The summed E-state index contributed by atoms with van der Waals surface area (Å²) in [5.74, 6) is 0. The Morgan fingerprint density at radius 1 is 1.06 bits per heavy atom. The molecule has 1 heterocycles. The van der Waals surface area contributed by atoms with Crippen molar-refractivity contribution in [2.24, 2.45) is 0 Å². The van der Waals surface area contributed by atoms with Gasteiger partial charge in [0, 0.05) is 5.56 Å². The van der Waals surface area contributed by atoms with E-state index in [4.69, 9.17) is 9.47 Å². The number of benzene rings is 2. The zero-order valence-electron chi connectivity index (χ0n) is 9.22. The molecule has 2 atom stereocenters. The summed E-state index contributed by atoms with van der Waals surface area (Å²) in [6.07, 6.45) is -0.00363. The van der Waals surface area contributed by atoms with Gasteiger partial charge in [0.2, 0.25) is 0 Å². The van der Waals surface area contributed by atoms with Crippen molar-refractivity contribution in [1.82, 2.24) is 0 Å². The molecule has 0 amide bonds. The van der Waals surface area contributed by atoms with Gasteiger partial charge in [-0.15, -0.1) is 0 Å². The van der Waals surface area contributed by atoms with Crippen molar-refractivity contribution in [2.45, 2.75) is 19.3 Å².